The number of fused-ring (bicyclic) bond motifs is 1. The number of imide groups is 1. The fourth-order valence-electron chi connectivity index (χ4n) is 3.93. The van der Waals surface area contributed by atoms with E-state index in [9.17, 15) is 14.4 Å². The second kappa shape index (κ2) is 7.88. The van der Waals surface area contributed by atoms with Crippen molar-refractivity contribution in [3.63, 3.8) is 0 Å². The third kappa shape index (κ3) is 3.78. The predicted octanol–water partition coefficient (Wildman–Crippen LogP) is 2.67. The number of hydrogen-bond donors (Lipinski definition) is 2. The molecule has 2 atom stereocenters. The minimum atomic E-state index is -0.674. The summed E-state index contributed by atoms with van der Waals surface area (Å²) in [6.07, 6.45) is 4.96. The standard InChI is InChI=1S/C21H23N3O4/c25-19(22-17-9-3-6-14-5-1-2-8-16(14)17)11-10-18-20(26)24(21(27)23-18)13-15-7-4-12-28-15/h1-2,4-5,7-8,12,17-18H,3,6,9-11,13H2,(H,22,25)(H,23,27). The third-order valence-corrected chi connectivity index (χ3v) is 5.37. The smallest absolute Gasteiger partial charge is 0.325 e. The first-order valence-corrected chi connectivity index (χ1v) is 9.63. The molecule has 0 radical (unpaired) electrons. The zero-order valence-corrected chi connectivity index (χ0v) is 15.5. The molecule has 4 amide bonds. The highest BCUT2D eigenvalue weighted by Crippen LogP contribution is 2.29. The van der Waals surface area contributed by atoms with Gasteiger partial charge in [0.25, 0.3) is 5.91 Å². The summed E-state index contributed by atoms with van der Waals surface area (Å²) in [4.78, 5) is 38.1. The number of nitrogens with one attached hydrogen (secondary N) is 2. The van der Waals surface area contributed by atoms with Crippen molar-refractivity contribution in [2.45, 2.75) is 50.7 Å². The van der Waals surface area contributed by atoms with Crippen LogP contribution in [0.1, 0.15) is 48.6 Å². The van der Waals surface area contributed by atoms with Crippen LogP contribution in [0.4, 0.5) is 4.79 Å². The molecule has 7 nitrogen and oxygen atoms in total. The molecule has 2 aromatic rings. The van der Waals surface area contributed by atoms with Gasteiger partial charge in [-0.1, -0.05) is 24.3 Å². The monoisotopic (exact) mass is 381 g/mol. The first kappa shape index (κ1) is 18.3. The summed E-state index contributed by atoms with van der Waals surface area (Å²) >= 11 is 0. The van der Waals surface area contributed by atoms with E-state index in [1.54, 1.807) is 12.1 Å². The van der Waals surface area contributed by atoms with Gasteiger partial charge in [0.15, 0.2) is 0 Å². The number of carbonyl (C=O) groups is 3. The van der Waals surface area contributed by atoms with Gasteiger partial charge < -0.3 is 15.1 Å². The molecule has 1 aliphatic carbocycles. The first-order valence-electron chi connectivity index (χ1n) is 9.63. The molecule has 0 spiro atoms. The quantitative estimate of drug-likeness (QED) is 0.753. The Balaban J connectivity index is 1.31. The second-order valence-electron chi connectivity index (χ2n) is 7.26. The van der Waals surface area contributed by atoms with Gasteiger partial charge in [0.2, 0.25) is 5.91 Å². The van der Waals surface area contributed by atoms with Crippen LogP contribution in [-0.4, -0.2) is 28.8 Å². The summed E-state index contributed by atoms with van der Waals surface area (Å²) in [5.74, 6) is 0.114. The van der Waals surface area contributed by atoms with Crippen LogP contribution in [0.2, 0.25) is 0 Å². The molecule has 0 saturated carbocycles. The Hall–Kier alpha value is -3.09. The van der Waals surface area contributed by atoms with Gasteiger partial charge in [-0.2, -0.15) is 0 Å². The van der Waals surface area contributed by atoms with Gasteiger partial charge in [0.1, 0.15) is 11.8 Å². The molecule has 1 saturated heterocycles. The molecule has 1 aromatic heterocycles. The van der Waals surface area contributed by atoms with Crippen molar-refractivity contribution in [2.24, 2.45) is 0 Å². The maximum atomic E-state index is 12.5. The highest BCUT2D eigenvalue weighted by molar-refractivity contribution is 6.04. The van der Waals surface area contributed by atoms with Crippen LogP contribution in [-0.2, 0) is 22.6 Å². The Labute approximate surface area is 163 Å². The number of benzene rings is 1. The van der Waals surface area contributed by atoms with Gasteiger partial charge in [0, 0.05) is 6.42 Å². The summed E-state index contributed by atoms with van der Waals surface area (Å²) < 4.78 is 5.20. The largest absolute Gasteiger partial charge is 0.467 e. The molecule has 7 heteroatoms. The van der Waals surface area contributed by atoms with Crippen LogP contribution in [0.25, 0.3) is 0 Å². The van der Waals surface area contributed by atoms with Crippen LogP contribution in [0, 0.1) is 0 Å². The number of rotatable bonds is 6. The minimum absolute atomic E-state index is 0.0155. The van der Waals surface area contributed by atoms with E-state index in [-0.39, 0.29) is 37.2 Å². The summed E-state index contributed by atoms with van der Waals surface area (Å²) in [5, 5.41) is 5.74. The van der Waals surface area contributed by atoms with Crippen LogP contribution in [0.15, 0.2) is 47.1 Å². The highest BCUT2D eigenvalue weighted by atomic mass is 16.3. The van der Waals surface area contributed by atoms with Crippen LogP contribution < -0.4 is 10.6 Å². The van der Waals surface area contributed by atoms with E-state index in [1.807, 2.05) is 12.1 Å². The average Bonchev–Trinajstić information content (AvgIpc) is 3.30. The third-order valence-electron chi connectivity index (χ3n) is 5.37. The topological polar surface area (TPSA) is 91.7 Å². The molecule has 2 unspecified atom stereocenters. The Morgan fingerprint density at radius 2 is 2.07 bits per heavy atom. The number of furan rings is 1. The number of amides is 4. The van der Waals surface area contributed by atoms with Gasteiger partial charge in [-0.3, -0.25) is 14.5 Å². The van der Waals surface area contributed by atoms with Gasteiger partial charge in [-0.25, -0.2) is 4.79 Å². The molecule has 1 fully saturated rings. The SMILES string of the molecule is O=C(CCC1NC(=O)N(Cc2ccco2)C1=O)NC1CCCc2ccccc21. The van der Waals surface area contributed by atoms with Gasteiger partial charge in [-0.15, -0.1) is 0 Å². The fraction of sp³-hybridized carbons (Fsp3) is 0.381. The number of aryl methyl sites for hydroxylation is 1. The van der Waals surface area contributed by atoms with Crippen molar-refractivity contribution < 1.29 is 18.8 Å². The van der Waals surface area contributed by atoms with Gasteiger partial charge >= 0.3 is 6.03 Å². The zero-order valence-electron chi connectivity index (χ0n) is 15.5. The Bertz CT molecular complexity index is 878. The molecule has 28 heavy (non-hydrogen) atoms. The van der Waals surface area contributed by atoms with Gasteiger partial charge in [-0.05, 0) is 48.9 Å². The Kier molecular flexibility index (Phi) is 5.14. The molecule has 1 aliphatic heterocycles. The minimum Gasteiger partial charge on any atom is -0.467 e. The molecular weight excluding hydrogens is 358 g/mol. The lowest BCUT2D eigenvalue weighted by Crippen LogP contribution is -2.34. The van der Waals surface area contributed by atoms with E-state index < -0.39 is 12.1 Å². The van der Waals surface area contributed by atoms with Crippen molar-refractivity contribution >= 4 is 17.8 Å². The molecule has 2 N–H and O–H groups in total. The zero-order chi connectivity index (χ0) is 19.5. The number of hydrogen-bond acceptors (Lipinski definition) is 4. The van der Waals surface area contributed by atoms with Crippen molar-refractivity contribution in [1.29, 1.82) is 0 Å². The summed E-state index contributed by atoms with van der Waals surface area (Å²) in [6.45, 7) is 0.0964. The van der Waals surface area contributed by atoms with E-state index >= 15 is 0 Å². The molecular formula is C21H23N3O4. The number of urea groups is 1. The number of nitrogens with zero attached hydrogens (tertiary/aromatic N) is 1. The summed E-state index contributed by atoms with van der Waals surface area (Å²) in [5.41, 5.74) is 2.46. The lowest BCUT2D eigenvalue weighted by atomic mass is 9.87. The summed E-state index contributed by atoms with van der Waals surface area (Å²) in [7, 11) is 0. The van der Waals surface area contributed by atoms with E-state index in [0.717, 1.165) is 24.2 Å². The van der Waals surface area contributed by atoms with E-state index in [1.165, 1.54) is 17.4 Å². The van der Waals surface area contributed by atoms with Crippen molar-refractivity contribution in [2.75, 3.05) is 0 Å². The normalized spacial score (nSPS) is 21.4. The Morgan fingerprint density at radius 3 is 2.89 bits per heavy atom. The van der Waals surface area contributed by atoms with Gasteiger partial charge in [0.05, 0.1) is 18.8 Å². The molecule has 0 bridgehead atoms. The molecule has 1 aromatic carbocycles. The fourth-order valence-corrected chi connectivity index (χ4v) is 3.93. The maximum Gasteiger partial charge on any atom is 0.325 e. The van der Waals surface area contributed by atoms with Crippen molar-refractivity contribution in [3.05, 3.63) is 59.5 Å². The van der Waals surface area contributed by atoms with Crippen LogP contribution in [0.3, 0.4) is 0 Å². The predicted molar refractivity (Wildman–Crippen MR) is 101 cm³/mol. The molecule has 146 valence electrons. The first-order chi connectivity index (χ1) is 13.6. The lowest BCUT2D eigenvalue weighted by molar-refractivity contribution is -0.128. The Morgan fingerprint density at radius 1 is 1.21 bits per heavy atom. The molecule has 2 heterocycles. The van der Waals surface area contributed by atoms with E-state index in [2.05, 4.69) is 22.8 Å². The van der Waals surface area contributed by atoms with Crippen molar-refractivity contribution in [1.82, 2.24) is 15.5 Å². The van der Waals surface area contributed by atoms with Crippen molar-refractivity contribution in [3.8, 4) is 0 Å². The van der Waals surface area contributed by atoms with Crippen LogP contribution in [0.5, 0.6) is 0 Å². The molecule has 4 rings (SSSR count). The summed E-state index contributed by atoms with van der Waals surface area (Å²) in [6, 6.07) is 10.5. The van der Waals surface area contributed by atoms with E-state index in [0.29, 0.717) is 5.76 Å². The lowest BCUT2D eigenvalue weighted by Gasteiger charge is -2.26. The average molecular weight is 381 g/mol. The number of carbonyl (C=O) groups excluding carboxylic acids is 3. The highest BCUT2D eigenvalue weighted by Gasteiger charge is 2.38. The second-order valence-corrected chi connectivity index (χ2v) is 7.26. The maximum absolute atomic E-state index is 12.5. The van der Waals surface area contributed by atoms with Crippen LogP contribution >= 0.6 is 0 Å². The molecule has 2 aliphatic rings. The van der Waals surface area contributed by atoms with E-state index in [4.69, 9.17) is 4.42 Å².